The molecule has 0 spiro atoms. The molecule has 0 aliphatic heterocycles. The van der Waals surface area contributed by atoms with Crippen LogP contribution in [0.3, 0.4) is 0 Å². The molecule has 2 rings (SSSR count). The Hall–Kier alpha value is -1.73. The molecule has 0 unspecified atom stereocenters. The smallest absolute Gasteiger partial charge is 0.283 e. The minimum absolute atomic E-state index is 0.0659. The van der Waals surface area contributed by atoms with Crippen molar-refractivity contribution in [2.75, 3.05) is 6.54 Å². The summed E-state index contributed by atoms with van der Waals surface area (Å²) in [6, 6.07) is 5.02. The molecule has 0 atom stereocenters. The molecule has 0 aliphatic rings. The summed E-state index contributed by atoms with van der Waals surface area (Å²) in [6.07, 6.45) is 0.785. The Bertz CT molecular complexity index is 682. The van der Waals surface area contributed by atoms with Crippen LogP contribution in [-0.4, -0.2) is 21.2 Å². The maximum absolute atomic E-state index is 11.0. The molecule has 0 radical (unpaired) electrons. The van der Waals surface area contributed by atoms with Crippen LogP contribution in [0, 0.1) is 24.0 Å². The van der Waals surface area contributed by atoms with Gasteiger partial charge in [0.25, 0.3) is 5.69 Å². The molecule has 1 heterocycles. The van der Waals surface area contributed by atoms with Gasteiger partial charge in [-0.15, -0.1) is 0 Å². The van der Waals surface area contributed by atoms with Crippen molar-refractivity contribution in [3.63, 3.8) is 0 Å². The van der Waals surface area contributed by atoms with E-state index in [9.17, 15) is 10.1 Å². The normalized spacial score (nSPS) is 10.9. The van der Waals surface area contributed by atoms with E-state index in [0.717, 1.165) is 28.9 Å². The van der Waals surface area contributed by atoms with Gasteiger partial charge in [0, 0.05) is 11.8 Å². The number of halogens is 1. The second-order valence-electron chi connectivity index (χ2n) is 4.85. The molecular weight excluding hydrogens is 336 g/mol. The predicted octanol–water partition coefficient (Wildman–Crippen LogP) is 2.72. The van der Waals surface area contributed by atoms with E-state index >= 15 is 0 Å². The molecule has 2 aromatic rings. The Morgan fingerprint density at radius 3 is 2.76 bits per heavy atom. The number of aryl methyl sites for hydroxylation is 1. The summed E-state index contributed by atoms with van der Waals surface area (Å²) in [5.41, 5.74) is 9.67. The molecule has 21 heavy (non-hydrogen) atoms. The van der Waals surface area contributed by atoms with Crippen molar-refractivity contribution in [2.45, 2.75) is 26.8 Å². The molecule has 0 bridgehead atoms. The van der Waals surface area contributed by atoms with E-state index in [1.807, 2.05) is 24.6 Å². The average Bonchev–Trinajstić information content (AvgIpc) is 2.69. The van der Waals surface area contributed by atoms with Crippen molar-refractivity contribution >= 4 is 21.6 Å². The highest BCUT2D eigenvalue weighted by atomic mass is 79.9. The maximum atomic E-state index is 11.0. The van der Waals surface area contributed by atoms with E-state index in [2.05, 4.69) is 21.0 Å². The summed E-state index contributed by atoms with van der Waals surface area (Å²) in [4.78, 5) is 10.6. The first kappa shape index (κ1) is 15.7. The van der Waals surface area contributed by atoms with Crippen molar-refractivity contribution in [1.29, 1.82) is 0 Å². The topological polar surface area (TPSA) is 87.0 Å². The van der Waals surface area contributed by atoms with Gasteiger partial charge in [-0.3, -0.25) is 14.8 Å². The number of hydrogen-bond donors (Lipinski definition) is 1. The van der Waals surface area contributed by atoms with E-state index < -0.39 is 4.92 Å². The van der Waals surface area contributed by atoms with Crippen molar-refractivity contribution in [3.05, 3.63) is 55.3 Å². The number of aromatic nitrogens is 2. The quantitative estimate of drug-likeness (QED) is 0.661. The molecule has 2 N–H and O–H groups in total. The second-order valence-corrected chi connectivity index (χ2v) is 5.65. The fraction of sp³-hybridized carbons (Fsp3) is 0.357. The Morgan fingerprint density at radius 1 is 1.43 bits per heavy atom. The number of nitrogens with zero attached hydrogens (tertiary/aromatic N) is 3. The molecule has 6 nitrogen and oxygen atoms in total. The molecular formula is C14H17BrN4O2. The SMILES string of the molecule is Cc1nn(Cc2cccc([N+](=O)[O-])c2Br)c(C)c1CCN. The average molecular weight is 353 g/mol. The summed E-state index contributed by atoms with van der Waals surface area (Å²) in [6.45, 7) is 5.01. The van der Waals surface area contributed by atoms with Gasteiger partial charge in [-0.05, 0) is 53.9 Å². The van der Waals surface area contributed by atoms with Gasteiger partial charge in [-0.1, -0.05) is 12.1 Å². The molecule has 112 valence electrons. The van der Waals surface area contributed by atoms with E-state index in [-0.39, 0.29) is 5.69 Å². The van der Waals surface area contributed by atoms with Crippen LogP contribution < -0.4 is 5.73 Å². The third-order valence-corrected chi connectivity index (χ3v) is 4.42. The molecule has 0 fully saturated rings. The molecule has 0 saturated heterocycles. The third-order valence-electron chi connectivity index (χ3n) is 3.50. The Balaban J connectivity index is 2.37. The van der Waals surface area contributed by atoms with Gasteiger partial charge in [0.15, 0.2) is 0 Å². The fourth-order valence-electron chi connectivity index (χ4n) is 2.38. The standard InChI is InChI=1S/C14H17BrN4O2/c1-9-12(6-7-16)10(2)18(17-9)8-11-4-3-5-13(14(11)15)19(20)21/h3-5H,6-8,16H2,1-2H3. The number of hydrogen-bond acceptors (Lipinski definition) is 4. The highest BCUT2D eigenvalue weighted by Crippen LogP contribution is 2.29. The zero-order chi connectivity index (χ0) is 15.6. The van der Waals surface area contributed by atoms with Crippen LogP contribution in [0.15, 0.2) is 22.7 Å². The van der Waals surface area contributed by atoms with Crippen LogP contribution in [0.5, 0.6) is 0 Å². The minimum atomic E-state index is -0.394. The van der Waals surface area contributed by atoms with Crippen LogP contribution >= 0.6 is 15.9 Å². The molecule has 1 aromatic heterocycles. The van der Waals surface area contributed by atoms with Crippen LogP contribution in [0.25, 0.3) is 0 Å². The molecule has 0 saturated carbocycles. The number of rotatable bonds is 5. The predicted molar refractivity (Wildman–Crippen MR) is 84.4 cm³/mol. The first-order valence-corrected chi connectivity index (χ1v) is 7.39. The molecule has 0 aliphatic carbocycles. The van der Waals surface area contributed by atoms with E-state index in [4.69, 9.17) is 5.73 Å². The van der Waals surface area contributed by atoms with E-state index in [1.165, 1.54) is 6.07 Å². The zero-order valence-corrected chi connectivity index (χ0v) is 13.6. The minimum Gasteiger partial charge on any atom is -0.330 e. The van der Waals surface area contributed by atoms with Gasteiger partial charge < -0.3 is 5.73 Å². The van der Waals surface area contributed by atoms with Gasteiger partial charge in [0.2, 0.25) is 0 Å². The Kier molecular flexibility index (Phi) is 4.74. The van der Waals surface area contributed by atoms with E-state index in [0.29, 0.717) is 17.6 Å². The Morgan fingerprint density at radius 2 is 2.14 bits per heavy atom. The number of nitro benzene ring substituents is 1. The molecule has 7 heteroatoms. The molecule has 0 amide bonds. The third kappa shape index (κ3) is 3.14. The lowest BCUT2D eigenvalue weighted by atomic mass is 10.1. The van der Waals surface area contributed by atoms with E-state index in [1.54, 1.807) is 6.07 Å². The summed E-state index contributed by atoms with van der Waals surface area (Å²) >= 11 is 3.32. The summed E-state index contributed by atoms with van der Waals surface area (Å²) in [5, 5.41) is 15.5. The lowest BCUT2D eigenvalue weighted by Gasteiger charge is -2.08. The van der Waals surface area contributed by atoms with Gasteiger partial charge in [-0.2, -0.15) is 5.10 Å². The van der Waals surface area contributed by atoms with Crippen molar-refractivity contribution in [3.8, 4) is 0 Å². The van der Waals surface area contributed by atoms with Crippen LogP contribution in [0.4, 0.5) is 5.69 Å². The summed E-state index contributed by atoms with van der Waals surface area (Å²) < 4.78 is 2.37. The number of nitrogens with two attached hydrogens (primary N) is 1. The zero-order valence-electron chi connectivity index (χ0n) is 12.0. The second kappa shape index (κ2) is 6.36. The fourth-order valence-corrected chi connectivity index (χ4v) is 2.92. The Labute approximate surface area is 131 Å². The van der Waals surface area contributed by atoms with Crippen molar-refractivity contribution < 1.29 is 4.92 Å². The van der Waals surface area contributed by atoms with Crippen LogP contribution in [-0.2, 0) is 13.0 Å². The lowest BCUT2D eigenvalue weighted by Crippen LogP contribution is -2.07. The van der Waals surface area contributed by atoms with Gasteiger partial charge in [0.1, 0.15) is 4.47 Å². The largest absolute Gasteiger partial charge is 0.330 e. The summed E-state index contributed by atoms with van der Waals surface area (Å²) in [7, 11) is 0. The highest BCUT2D eigenvalue weighted by Gasteiger charge is 2.17. The van der Waals surface area contributed by atoms with Crippen LogP contribution in [0.2, 0.25) is 0 Å². The first-order chi connectivity index (χ1) is 9.95. The summed E-state index contributed by atoms with van der Waals surface area (Å²) in [5.74, 6) is 0. The first-order valence-electron chi connectivity index (χ1n) is 6.60. The van der Waals surface area contributed by atoms with Gasteiger partial charge >= 0.3 is 0 Å². The molecule has 1 aromatic carbocycles. The van der Waals surface area contributed by atoms with Gasteiger partial charge in [0.05, 0.1) is 17.2 Å². The van der Waals surface area contributed by atoms with Crippen molar-refractivity contribution in [1.82, 2.24) is 9.78 Å². The number of benzene rings is 1. The highest BCUT2D eigenvalue weighted by molar-refractivity contribution is 9.10. The monoisotopic (exact) mass is 352 g/mol. The number of nitro groups is 1. The lowest BCUT2D eigenvalue weighted by molar-refractivity contribution is -0.385. The van der Waals surface area contributed by atoms with Crippen molar-refractivity contribution in [2.24, 2.45) is 5.73 Å². The van der Waals surface area contributed by atoms with Crippen LogP contribution in [0.1, 0.15) is 22.5 Å². The maximum Gasteiger partial charge on any atom is 0.283 e. The van der Waals surface area contributed by atoms with Gasteiger partial charge in [-0.25, -0.2) is 0 Å².